The number of ether oxygens (including phenoxy) is 1. The van der Waals surface area contributed by atoms with Crippen LogP contribution < -0.4 is 15.4 Å². The number of halogens is 4. The third-order valence-corrected chi connectivity index (χ3v) is 5.06. The quantitative estimate of drug-likeness (QED) is 0.239. The lowest BCUT2D eigenvalue weighted by Crippen LogP contribution is -2.35. The van der Waals surface area contributed by atoms with E-state index in [2.05, 4.69) is 20.0 Å². The SMILES string of the molecule is COc1c(F)c(F)c(C(=O)NC(=S)Nc2cccc(-c3nc4ncccc4o3)c2C)c(F)c1F. The van der Waals surface area contributed by atoms with Gasteiger partial charge in [0.15, 0.2) is 33.7 Å². The number of carbonyl (C=O) groups is 1. The van der Waals surface area contributed by atoms with Crippen molar-refractivity contribution in [3.05, 3.63) is 70.9 Å². The number of pyridine rings is 1. The molecule has 4 aromatic rings. The monoisotopic (exact) mass is 490 g/mol. The van der Waals surface area contributed by atoms with Crippen molar-refractivity contribution < 1.29 is 31.5 Å². The van der Waals surface area contributed by atoms with Crippen molar-refractivity contribution in [1.82, 2.24) is 15.3 Å². The summed E-state index contributed by atoms with van der Waals surface area (Å²) in [4.78, 5) is 20.8. The Morgan fingerprint density at radius 1 is 1.06 bits per heavy atom. The van der Waals surface area contributed by atoms with E-state index in [1.54, 1.807) is 43.5 Å². The molecule has 0 aliphatic rings. The molecule has 174 valence electrons. The number of aromatic nitrogens is 2. The van der Waals surface area contributed by atoms with E-state index < -0.39 is 40.5 Å². The Labute approximate surface area is 194 Å². The molecule has 0 radical (unpaired) electrons. The van der Waals surface area contributed by atoms with Gasteiger partial charge in [-0.05, 0) is 49.0 Å². The van der Waals surface area contributed by atoms with Crippen LogP contribution in [0.5, 0.6) is 5.75 Å². The molecule has 0 spiro atoms. The molecule has 0 aliphatic heterocycles. The number of carbonyl (C=O) groups excluding carboxylic acids is 1. The summed E-state index contributed by atoms with van der Waals surface area (Å²) in [5, 5.41) is 4.33. The summed E-state index contributed by atoms with van der Waals surface area (Å²) < 4.78 is 66.3. The number of hydrogen-bond donors (Lipinski definition) is 2. The van der Waals surface area contributed by atoms with Gasteiger partial charge in [-0.2, -0.15) is 13.8 Å². The summed E-state index contributed by atoms with van der Waals surface area (Å²) >= 11 is 5.04. The van der Waals surface area contributed by atoms with E-state index in [1.807, 2.05) is 5.32 Å². The van der Waals surface area contributed by atoms with Gasteiger partial charge < -0.3 is 14.5 Å². The standard InChI is InChI=1S/C22H14F4N4O3S/c1-9-10(21-29-19-12(33-21)7-4-8-27-19)5-3-6-11(9)28-22(34)30-20(31)13-14(23)16(25)18(32-2)17(26)15(13)24/h3-8H,1-2H3,(H2,28,30,31,34). The second-order valence-electron chi connectivity index (χ2n) is 6.89. The highest BCUT2D eigenvalue weighted by Gasteiger charge is 2.30. The number of oxazole rings is 1. The molecular weight excluding hydrogens is 476 g/mol. The van der Waals surface area contributed by atoms with Crippen molar-refractivity contribution in [2.75, 3.05) is 12.4 Å². The van der Waals surface area contributed by atoms with Crippen LogP contribution in [-0.4, -0.2) is 28.1 Å². The number of nitrogens with zero attached hydrogens (tertiary/aromatic N) is 2. The van der Waals surface area contributed by atoms with E-state index in [9.17, 15) is 22.4 Å². The van der Waals surface area contributed by atoms with Crippen LogP contribution in [0, 0.1) is 30.2 Å². The van der Waals surface area contributed by atoms with Crippen molar-refractivity contribution in [2.45, 2.75) is 6.92 Å². The molecule has 0 unspecified atom stereocenters. The number of fused-ring (bicyclic) bond motifs is 1. The number of nitrogens with one attached hydrogen (secondary N) is 2. The lowest BCUT2D eigenvalue weighted by Gasteiger charge is -2.14. The van der Waals surface area contributed by atoms with Crippen LogP contribution in [0.3, 0.4) is 0 Å². The Bertz CT molecular complexity index is 1400. The summed E-state index contributed by atoms with van der Waals surface area (Å²) in [6, 6.07) is 8.43. The Balaban J connectivity index is 1.57. The average molecular weight is 490 g/mol. The first-order valence-corrected chi connectivity index (χ1v) is 9.97. The fraction of sp³-hybridized carbons (Fsp3) is 0.0909. The zero-order chi connectivity index (χ0) is 24.6. The van der Waals surface area contributed by atoms with E-state index in [-0.39, 0.29) is 11.0 Å². The highest BCUT2D eigenvalue weighted by Crippen LogP contribution is 2.31. The van der Waals surface area contributed by atoms with Crippen LogP contribution in [0.1, 0.15) is 15.9 Å². The fourth-order valence-electron chi connectivity index (χ4n) is 3.20. The van der Waals surface area contributed by atoms with Gasteiger partial charge in [0.1, 0.15) is 5.56 Å². The molecule has 0 saturated heterocycles. The molecule has 2 heterocycles. The van der Waals surface area contributed by atoms with E-state index in [0.717, 1.165) is 7.11 Å². The van der Waals surface area contributed by atoms with Gasteiger partial charge >= 0.3 is 0 Å². The smallest absolute Gasteiger partial charge is 0.263 e. The number of amides is 1. The van der Waals surface area contributed by atoms with Gasteiger partial charge in [0, 0.05) is 17.4 Å². The molecule has 2 N–H and O–H groups in total. The van der Waals surface area contributed by atoms with Gasteiger partial charge in [-0.25, -0.2) is 13.8 Å². The Kier molecular flexibility index (Phi) is 6.16. The summed E-state index contributed by atoms with van der Waals surface area (Å²) in [7, 11) is 0.826. The zero-order valence-corrected chi connectivity index (χ0v) is 18.3. The fourth-order valence-corrected chi connectivity index (χ4v) is 3.40. The highest BCUT2D eigenvalue weighted by atomic mass is 32.1. The summed E-state index contributed by atoms with van der Waals surface area (Å²) in [5.41, 5.74) is 1.04. The molecule has 0 atom stereocenters. The Hall–Kier alpha value is -4.06. The van der Waals surface area contributed by atoms with Gasteiger partial charge in [-0.3, -0.25) is 10.1 Å². The summed E-state index contributed by atoms with van der Waals surface area (Å²) in [6.07, 6.45) is 1.58. The summed E-state index contributed by atoms with van der Waals surface area (Å²) in [5.74, 6) is -10.0. The first kappa shape index (κ1) is 23.1. The minimum atomic E-state index is -1.92. The molecule has 34 heavy (non-hydrogen) atoms. The average Bonchev–Trinajstić information content (AvgIpc) is 3.23. The highest BCUT2D eigenvalue weighted by molar-refractivity contribution is 7.80. The number of methoxy groups -OCH3 is 1. The second-order valence-corrected chi connectivity index (χ2v) is 7.30. The Morgan fingerprint density at radius 3 is 2.41 bits per heavy atom. The van der Waals surface area contributed by atoms with Gasteiger partial charge in [0.25, 0.3) is 5.91 Å². The molecule has 2 aromatic heterocycles. The van der Waals surface area contributed by atoms with Gasteiger partial charge in [0.2, 0.25) is 17.5 Å². The molecule has 12 heteroatoms. The van der Waals surface area contributed by atoms with Crippen molar-refractivity contribution >= 4 is 40.2 Å². The number of benzene rings is 2. The van der Waals surface area contributed by atoms with Gasteiger partial charge in [-0.15, -0.1) is 0 Å². The number of anilines is 1. The first-order valence-electron chi connectivity index (χ1n) is 9.56. The molecule has 0 aliphatic carbocycles. The zero-order valence-electron chi connectivity index (χ0n) is 17.5. The van der Waals surface area contributed by atoms with E-state index in [4.69, 9.17) is 16.6 Å². The first-order chi connectivity index (χ1) is 16.2. The summed E-state index contributed by atoms with van der Waals surface area (Å²) in [6.45, 7) is 1.72. The lowest BCUT2D eigenvalue weighted by atomic mass is 10.1. The van der Waals surface area contributed by atoms with Crippen LogP contribution in [0.25, 0.3) is 22.7 Å². The maximum atomic E-state index is 14.2. The van der Waals surface area contributed by atoms with Crippen molar-refractivity contribution in [3.63, 3.8) is 0 Å². The largest absolute Gasteiger partial charge is 0.491 e. The molecule has 1 amide bonds. The third-order valence-electron chi connectivity index (χ3n) is 4.86. The molecule has 0 saturated carbocycles. The van der Waals surface area contributed by atoms with E-state index >= 15 is 0 Å². The van der Waals surface area contributed by atoms with Crippen molar-refractivity contribution in [2.24, 2.45) is 0 Å². The minimum absolute atomic E-state index is 0.290. The predicted octanol–water partition coefficient (Wildman–Crippen LogP) is 4.89. The van der Waals surface area contributed by atoms with Crippen molar-refractivity contribution in [3.8, 4) is 17.2 Å². The number of hydrogen-bond acceptors (Lipinski definition) is 6. The molecule has 4 rings (SSSR count). The number of thiocarbonyl (C=S) groups is 1. The maximum Gasteiger partial charge on any atom is 0.263 e. The second kappa shape index (κ2) is 9.06. The van der Waals surface area contributed by atoms with Crippen LogP contribution >= 0.6 is 12.2 Å². The third kappa shape index (κ3) is 4.03. The minimum Gasteiger partial charge on any atom is -0.491 e. The van der Waals surface area contributed by atoms with Crippen LogP contribution in [0.2, 0.25) is 0 Å². The van der Waals surface area contributed by atoms with Crippen LogP contribution in [-0.2, 0) is 0 Å². The molecule has 2 aromatic carbocycles. The van der Waals surface area contributed by atoms with Gasteiger partial charge in [-0.1, -0.05) is 6.07 Å². The molecule has 0 fully saturated rings. The molecular formula is C22H14F4N4O3S. The number of rotatable bonds is 4. The van der Waals surface area contributed by atoms with Gasteiger partial charge in [0.05, 0.1) is 7.11 Å². The molecule has 7 nitrogen and oxygen atoms in total. The predicted molar refractivity (Wildman–Crippen MR) is 118 cm³/mol. The topological polar surface area (TPSA) is 89.3 Å². The lowest BCUT2D eigenvalue weighted by molar-refractivity contribution is 0.0966. The van der Waals surface area contributed by atoms with Crippen molar-refractivity contribution in [1.29, 1.82) is 0 Å². The van der Waals surface area contributed by atoms with Crippen LogP contribution in [0.4, 0.5) is 23.2 Å². The maximum absolute atomic E-state index is 14.2. The Morgan fingerprint density at radius 2 is 1.76 bits per heavy atom. The molecule has 0 bridgehead atoms. The van der Waals surface area contributed by atoms with E-state index in [1.165, 1.54) is 0 Å². The van der Waals surface area contributed by atoms with Crippen LogP contribution in [0.15, 0.2) is 40.9 Å². The van der Waals surface area contributed by atoms with E-state index in [0.29, 0.717) is 28.0 Å². The normalized spacial score (nSPS) is 10.9.